The maximum atomic E-state index is 12.3. The van der Waals surface area contributed by atoms with E-state index in [1.165, 1.54) is 5.56 Å². The van der Waals surface area contributed by atoms with Crippen molar-refractivity contribution in [1.29, 1.82) is 0 Å². The first-order chi connectivity index (χ1) is 12.0. The second kappa shape index (κ2) is 7.70. The molecule has 25 heavy (non-hydrogen) atoms. The molecular formula is C21H20BrNO2. The van der Waals surface area contributed by atoms with Gasteiger partial charge in [-0.1, -0.05) is 57.9 Å². The van der Waals surface area contributed by atoms with E-state index in [1.807, 2.05) is 42.5 Å². The van der Waals surface area contributed by atoms with Crippen molar-refractivity contribution in [2.75, 3.05) is 13.7 Å². The summed E-state index contributed by atoms with van der Waals surface area (Å²) >= 11 is 3.47. The van der Waals surface area contributed by atoms with Crippen molar-refractivity contribution in [3.63, 3.8) is 0 Å². The molecule has 1 amide bonds. The lowest BCUT2D eigenvalue weighted by atomic mass is 10.1. The Kier molecular flexibility index (Phi) is 5.39. The first-order valence-electron chi connectivity index (χ1n) is 8.13. The first kappa shape index (κ1) is 17.5. The molecule has 3 nitrogen and oxygen atoms in total. The number of carbonyl (C=O) groups is 1. The van der Waals surface area contributed by atoms with E-state index in [0.29, 0.717) is 12.3 Å². The van der Waals surface area contributed by atoms with Gasteiger partial charge in [-0.2, -0.15) is 0 Å². The summed E-state index contributed by atoms with van der Waals surface area (Å²) in [6.45, 7) is 2.66. The normalized spacial score (nSPS) is 10.7. The second-order valence-corrected chi connectivity index (χ2v) is 7.09. The molecule has 0 aromatic heterocycles. The third-order valence-electron chi connectivity index (χ3n) is 4.10. The van der Waals surface area contributed by atoms with Gasteiger partial charge in [0.15, 0.2) is 6.61 Å². The zero-order chi connectivity index (χ0) is 17.8. The molecule has 3 rings (SSSR count). The molecule has 0 unspecified atom stereocenters. The summed E-state index contributed by atoms with van der Waals surface area (Å²) < 4.78 is 6.72. The van der Waals surface area contributed by atoms with E-state index < -0.39 is 0 Å². The zero-order valence-electron chi connectivity index (χ0n) is 14.3. The Balaban J connectivity index is 1.59. The minimum atomic E-state index is -0.0449. The number of nitrogens with zero attached hydrogens (tertiary/aromatic N) is 1. The van der Waals surface area contributed by atoms with Crippen LogP contribution >= 0.6 is 15.9 Å². The Morgan fingerprint density at radius 3 is 2.44 bits per heavy atom. The molecule has 0 saturated carbocycles. The Labute approximate surface area is 156 Å². The van der Waals surface area contributed by atoms with Crippen LogP contribution in [0, 0.1) is 6.92 Å². The number of hydrogen-bond acceptors (Lipinski definition) is 2. The lowest BCUT2D eigenvalue weighted by Gasteiger charge is -2.18. The van der Waals surface area contributed by atoms with Crippen LogP contribution in [0.3, 0.4) is 0 Å². The largest absolute Gasteiger partial charge is 0.484 e. The molecule has 0 aliphatic rings. The number of aryl methyl sites for hydroxylation is 1. The van der Waals surface area contributed by atoms with Crippen LogP contribution in [0.2, 0.25) is 0 Å². The number of likely N-dealkylation sites (N-methyl/N-ethyl adjacent to an activating group) is 1. The van der Waals surface area contributed by atoms with Crippen molar-refractivity contribution in [3.05, 3.63) is 76.3 Å². The van der Waals surface area contributed by atoms with Gasteiger partial charge in [0, 0.05) is 18.1 Å². The van der Waals surface area contributed by atoms with Gasteiger partial charge in [-0.05, 0) is 47.5 Å². The summed E-state index contributed by atoms with van der Waals surface area (Å²) in [5.41, 5.74) is 2.32. The van der Waals surface area contributed by atoms with Crippen LogP contribution in [0.15, 0.2) is 65.1 Å². The highest BCUT2D eigenvalue weighted by Crippen LogP contribution is 2.24. The number of rotatable bonds is 5. The third kappa shape index (κ3) is 4.60. The molecular weight excluding hydrogens is 378 g/mol. The van der Waals surface area contributed by atoms with Gasteiger partial charge >= 0.3 is 0 Å². The molecule has 128 valence electrons. The lowest BCUT2D eigenvalue weighted by Crippen LogP contribution is -2.30. The molecule has 0 fully saturated rings. The van der Waals surface area contributed by atoms with Crippen LogP contribution in [0.4, 0.5) is 0 Å². The molecule has 0 spiro atoms. The smallest absolute Gasteiger partial charge is 0.260 e. The Morgan fingerprint density at radius 1 is 1.00 bits per heavy atom. The maximum Gasteiger partial charge on any atom is 0.260 e. The van der Waals surface area contributed by atoms with Gasteiger partial charge in [-0.15, -0.1) is 0 Å². The molecule has 0 N–H and O–H groups in total. The van der Waals surface area contributed by atoms with Gasteiger partial charge in [0.05, 0.1) is 0 Å². The first-order valence-corrected chi connectivity index (χ1v) is 8.92. The molecule has 0 aliphatic carbocycles. The molecule has 4 heteroatoms. The van der Waals surface area contributed by atoms with Crippen molar-refractivity contribution in [2.45, 2.75) is 13.5 Å². The fraction of sp³-hybridized carbons (Fsp3) is 0.190. The van der Waals surface area contributed by atoms with Gasteiger partial charge in [0.1, 0.15) is 5.75 Å². The quantitative estimate of drug-likeness (QED) is 0.609. The van der Waals surface area contributed by atoms with E-state index in [-0.39, 0.29) is 12.5 Å². The van der Waals surface area contributed by atoms with Crippen LogP contribution < -0.4 is 4.74 Å². The van der Waals surface area contributed by atoms with Gasteiger partial charge < -0.3 is 9.64 Å². The van der Waals surface area contributed by atoms with E-state index in [0.717, 1.165) is 20.8 Å². The standard InChI is InChI=1S/C21H20BrNO2/c1-15-3-5-16(6-4-15)13-23(2)21(24)14-25-20-10-8-17-11-19(22)9-7-18(17)12-20/h3-12H,13-14H2,1-2H3. The fourth-order valence-corrected chi connectivity index (χ4v) is 2.97. The van der Waals surface area contributed by atoms with Crippen LogP contribution in [-0.4, -0.2) is 24.5 Å². The Morgan fingerprint density at radius 2 is 1.68 bits per heavy atom. The van der Waals surface area contributed by atoms with Gasteiger partial charge in [0.2, 0.25) is 0 Å². The minimum Gasteiger partial charge on any atom is -0.484 e. The molecule has 3 aromatic rings. The monoisotopic (exact) mass is 397 g/mol. The average molecular weight is 398 g/mol. The second-order valence-electron chi connectivity index (χ2n) is 6.18. The Hall–Kier alpha value is -2.33. The van der Waals surface area contributed by atoms with Crippen molar-refractivity contribution in [3.8, 4) is 5.75 Å². The van der Waals surface area contributed by atoms with E-state index in [4.69, 9.17) is 4.74 Å². The van der Waals surface area contributed by atoms with E-state index in [2.05, 4.69) is 41.1 Å². The average Bonchev–Trinajstić information content (AvgIpc) is 2.61. The molecule has 0 aliphatic heterocycles. The molecule has 0 atom stereocenters. The summed E-state index contributed by atoms with van der Waals surface area (Å²) in [5.74, 6) is 0.656. The summed E-state index contributed by atoms with van der Waals surface area (Å²) in [5, 5.41) is 2.21. The number of halogens is 1. The number of carbonyl (C=O) groups excluding carboxylic acids is 1. The summed E-state index contributed by atoms with van der Waals surface area (Å²) in [7, 11) is 1.80. The maximum absolute atomic E-state index is 12.3. The highest BCUT2D eigenvalue weighted by atomic mass is 79.9. The van der Waals surface area contributed by atoms with Crippen molar-refractivity contribution in [1.82, 2.24) is 4.90 Å². The predicted molar refractivity (Wildman–Crippen MR) is 105 cm³/mol. The fourth-order valence-electron chi connectivity index (χ4n) is 2.60. The van der Waals surface area contributed by atoms with Crippen LogP contribution in [-0.2, 0) is 11.3 Å². The van der Waals surface area contributed by atoms with Gasteiger partial charge in [-0.25, -0.2) is 0 Å². The number of fused-ring (bicyclic) bond motifs is 1. The van der Waals surface area contributed by atoms with Crippen LogP contribution in [0.25, 0.3) is 10.8 Å². The SMILES string of the molecule is Cc1ccc(CN(C)C(=O)COc2ccc3cc(Br)ccc3c2)cc1. The highest BCUT2D eigenvalue weighted by molar-refractivity contribution is 9.10. The van der Waals surface area contributed by atoms with Crippen molar-refractivity contribution >= 4 is 32.6 Å². The topological polar surface area (TPSA) is 29.5 Å². The van der Waals surface area contributed by atoms with Crippen LogP contribution in [0.5, 0.6) is 5.75 Å². The summed E-state index contributed by atoms with van der Waals surface area (Å²) in [6.07, 6.45) is 0. The molecule has 0 saturated heterocycles. The third-order valence-corrected chi connectivity index (χ3v) is 4.60. The van der Waals surface area contributed by atoms with Crippen LogP contribution in [0.1, 0.15) is 11.1 Å². The number of hydrogen-bond donors (Lipinski definition) is 0. The van der Waals surface area contributed by atoms with E-state index in [9.17, 15) is 4.79 Å². The molecule has 3 aromatic carbocycles. The molecule has 0 heterocycles. The molecule has 0 bridgehead atoms. The number of ether oxygens (including phenoxy) is 1. The molecule has 0 radical (unpaired) electrons. The zero-order valence-corrected chi connectivity index (χ0v) is 15.9. The Bertz CT molecular complexity index is 890. The summed E-state index contributed by atoms with van der Waals surface area (Å²) in [4.78, 5) is 14.0. The van der Waals surface area contributed by atoms with Crippen molar-refractivity contribution < 1.29 is 9.53 Å². The summed E-state index contributed by atoms with van der Waals surface area (Å²) in [6, 6.07) is 20.1. The predicted octanol–water partition coefficient (Wildman–Crippen LogP) is 4.95. The van der Waals surface area contributed by atoms with Gasteiger partial charge in [-0.3, -0.25) is 4.79 Å². The van der Waals surface area contributed by atoms with Crippen molar-refractivity contribution in [2.24, 2.45) is 0 Å². The lowest BCUT2D eigenvalue weighted by molar-refractivity contribution is -0.132. The minimum absolute atomic E-state index is 0.0321. The van der Waals surface area contributed by atoms with E-state index >= 15 is 0 Å². The number of amides is 1. The van der Waals surface area contributed by atoms with Gasteiger partial charge in [0.25, 0.3) is 5.91 Å². The highest BCUT2D eigenvalue weighted by Gasteiger charge is 2.10. The van der Waals surface area contributed by atoms with E-state index in [1.54, 1.807) is 11.9 Å². The number of benzene rings is 3.